The van der Waals surface area contributed by atoms with Crippen molar-refractivity contribution in [1.82, 2.24) is 64.1 Å². The highest BCUT2D eigenvalue weighted by Crippen LogP contribution is 2.44. The standard InChI is InChI=1S/C31H46N8O2.C23H28N4O2.C21H31N5O2.C21H30N4O2/c1-40-28-22-26-27(23-29(28)41-21-7-15-36-12-4-5-13-36)34-31(33-10-6-14-37-16-11-32-24-37)35-30(26)39-19-17-38(18-20-39)25-8-2-3-9-25;1-26(2)23-24-19-15-21(29-16-17-10-6-4-7-11-17)20(28-3)14-18(19)22(25-23)27-12-8-5-9-13-27;1-24(2)21-22-17-14-19(28-15-7-5-6-8-15)18(27-4)13-16(17)20(23-21)26-11-9-25(3)10-12-26;1-24(2)21-22-17-14-19(27-15-9-5-6-10-15)18(26-3)13-16(17)20(23-21)25-11-7-4-8-12-25/h11,16,22-25H,2-10,12-15,17-21H2,1H3,(H,33,34,35);4,6-7,10-11,14-15H,5,8-9,12-13,16H2,1-3H3;13-15H,5-12H2,1-4H3;13-15H,4-12H2,1-3H3. The predicted octanol–water partition coefficient (Wildman–Crippen LogP) is 15.3. The monoisotopic (exact) mass is 1710 g/mol. The van der Waals surface area contributed by atoms with Crippen molar-refractivity contribution in [2.45, 2.75) is 173 Å². The van der Waals surface area contributed by atoms with Crippen LogP contribution in [-0.2, 0) is 13.2 Å². The van der Waals surface area contributed by atoms with Crippen molar-refractivity contribution in [3.63, 3.8) is 0 Å². The molecule has 1 N–H and O–H groups in total. The van der Waals surface area contributed by atoms with Crippen molar-refractivity contribution < 1.29 is 37.9 Å². The van der Waals surface area contributed by atoms with Crippen molar-refractivity contribution in [2.75, 3.05) is 229 Å². The first-order valence-electron chi connectivity index (χ1n) is 46.2. The average molecular weight is 1710 g/mol. The Kier molecular flexibility index (Phi) is 31.0. The van der Waals surface area contributed by atoms with E-state index >= 15 is 0 Å². The van der Waals surface area contributed by atoms with E-state index in [0.29, 0.717) is 36.6 Å². The van der Waals surface area contributed by atoms with Gasteiger partial charge in [-0.05, 0) is 178 Å². The van der Waals surface area contributed by atoms with E-state index in [1.165, 1.54) is 116 Å². The fourth-order valence-electron chi connectivity index (χ4n) is 18.4. The Morgan fingerprint density at radius 3 is 1.26 bits per heavy atom. The number of nitrogens with one attached hydrogen (secondary N) is 1. The largest absolute Gasteiger partial charge is 0.493 e. The van der Waals surface area contributed by atoms with Crippen LogP contribution in [0.15, 0.2) is 97.6 Å². The molecule has 18 rings (SSSR count). The molecule has 0 amide bonds. The summed E-state index contributed by atoms with van der Waals surface area (Å²) in [6, 6.07) is 27.2. The third-order valence-corrected chi connectivity index (χ3v) is 25.5. The second kappa shape index (κ2) is 43.5. The lowest BCUT2D eigenvalue weighted by molar-refractivity contribution is 0.187. The number of piperidine rings is 2. The molecule has 3 saturated carbocycles. The molecule has 5 aromatic carbocycles. The minimum absolute atomic E-state index is 0.276. The van der Waals surface area contributed by atoms with E-state index in [0.717, 1.165) is 262 Å². The van der Waals surface area contributed by atoms with Crippen LogP contribution in [0.25, 0.3) is 43.6 Å². The third-order valence-electron chi connectivity index (χ3n) is 25.5. The van der Waals surface area contributed by atoms with Gasteiger partial charge in [0.15, 0.2) is 46.0 Å². The second-order valence-corrected chi connectivity index (χ2v) is 35.2. The van der Waals surface area contributed by atoms with E-state index in [4.69, 9.17) is 77.8 Å². The zero-order chi connectivity index (χ0) is 86.5. The summed E-state index contributed by atoms with van der Waals surface area (Å²) in [6.07, 6.45) is 33.1. The number of likely N-dealkylation sites (tertiary alicyclic amines) is 1. The highest BCUT2D eigenvalue weighted by molar-refractivity contribution is 5.96. The summed E-state index contributed by atoms with van der Waals surface area (Å²) < 4.78 is 49.9. The molecule has 0 bridgehead atoms. The maximum Gasteiger partial charge on any atom is 0.227 e. The van der Waals surface area contributed by atoms with Gasteiger partial charge in [-0.25, -0.2) is 24.9 Å². The number of nitrogens with zero attached hydrogens (tertiary/aromatic N) is 20. The minimum Gasteiger partial charge on any atom is -0.493 e. The van der Waals surface area contributed by atoms with Crippen molar-refractivity contribution in [3.05, 3.63) is 103 Å². The number of fused-ring (bicyclic) bond motifs is 4. The number of methoxy groups -OCH3 is 4. The molecule has 0 radical (unpaired) electrons. The fourth-order valence-corrected chi connectivity index (χ4v) is 18.4. The first-order chi connectivity index (χ1) is 61.1. The Morgan fingerprint density at radius 2 is 0.808 bits per heavy atom. The van der Waals surface area contributed by atoms with Crippen molar-refractivity contribution in [1.29, 1.82) is 0 Å². The van der Waals surface area contributed by atoms with Gasteiger partial charge in [-0.1, -0.05) is 43.2 Å². The van der Waals surface area contributed by atoms with E-state index in [-0.39, 0.29) is 12.2 Å². The first-order valence-corrected chi connectivity index (χ1v) is 46.2. The highest BCUT2D eigenvalue weighted by atomic mass is 16.5. The summed E-state index contributed by atoms with van der Waals surface area (Å²) in [5, 5.41) is 7.57. The summed E-state index contributed by atoms with van der Waals surface area (Å²) in [6.45, 7) is 18.6. The molecule has 0 atom stereocenters. The summed E-state index contributed by atoms with van der Waals surface area (Å²) in [4.78, 5) is 66.1. The molecule has 8 fully saturated rings. The van der Waals surface area contributed by atoms with Gasteiger partial charge < -0.3 is 91.9 Å². The molecular weight excluding hydrogens is 1580 g/mol. The van der Waals surface area contributed by atoms with Crippen molar-refractivity contribution in [2.24, 2.45) is 0 Å². The minimum atomic E-state index is 0.276. The molecule has 8 aliphatic rings. The first kappa shape index (κ1) is 89.2. The van der Waals surface area contributed by atoms with Crippen LogP contribution in [0, 0.1) is 0 Å². The van der Waals surface area contributed by atoms with Crippen LogP contribution in [0.3, 0.4) is 0 Å². The number of aromatic nitrogens is 10. The van der Waals surface area contributed by atoms with Gasteiger partial charge in [0, 0.05) is 205 Å². The van der Waals surface area contributed by atoms with Crippen LogP contribution in [0.5, 0.6) is 46.0 Å². The van der Waals surface area contributed by atoms with Gasteiger partial charge in [0.2, 0.25) is 23.8 Å². The molecule has 29 nitrogen and oxygen atoms in total. The molecule has 125 heavy (non-hydrogen) atoms. The van der Waals surface area contributed by atoms with E-state index in [9.17, 15) is 0 Å². The number of hydrogen-bond donors (Lipinski definition) is 1. The summed E-state index contributed by atoms with van der Waals surface area (Å²) in [5.74, 6) is 12.8. The smallest absolute Gasteiger partial charge is 0.227 e. The second-order valence-electron chi connectivity index (χ2n) is 35.2. The molecule has 10 aromatic rings. The highest BCUT2D eigenvalue weighted by Gasteiger charge is 2.31. The Bertz CT molecular complexity index is 5070. The lowest BCUT2D eigenvalue weighted by Gasteiger charge is -2.39. The lowest BCUT2D eigenvalue weighted by Crippen LogP contribution is -2.50. The summed E-state index contributed by atoms with van der Waals surface area (Å²) >= 11 is 0. The molecule has 5 saturated heterocycles. The third kappa shape index (κ3) is 23.0. The van der Waals surface area contributed by atoms with Crippen LogP contribution in [0.2, 0.25) is 0 Å². The van der Waals surface area contributed by atoms with Crippen molar-refractivity contribution in [3.8, 4) is 46.0 Å². The van der Waals surface area contributed by atoms with Gasteiger partial charge in [0.05, 0.1) is 75.6 Å². The molecule has 0 unspecified atom stereocenters. The average Bonchev–Trinajstić information content (AvgIpc) is 0.849. The normalized spacial score (nSPS) is 17.6. The van der Waals surface area contributed by atoms with Gasteiger partial charge in [-0.2, -0.15) is 19.9 Å². The number of piperazine rings is 2. The van der Waals surface area contributed by atoms with Gasteiger partial charge in [-0.3, -0.25) is 4.90 Å². The van der Waals surface area contributed by atoms with Crippen LogP contribution in [-0.4, -0.2) is 271 Å². The molecule has 3 aliphatic carbocycles. The number of rotatable bonds is 29. The topological polar surface area (TPSA) is 239 Å². The maximum absolute atomic E-state index is 6.29. The van der Waals surface area contributed by atoms with Crippen LogP contribution < -0.4 is 77.5 Å². The Balaban J connectivity index is 0.000000131. The molecular formula is C96H135N21O8. The SMILES string of the molecule is COc1cc2c(N3CCCCC3)nc(N(C)C)nc2cc1OC1CCCC1.COc1cc2c(N3CCCCC3)nc(N(C)C)nc2cc1OCc1ccccc1.COc1cc2c(N3CCN(C)CC3)nc(N(C)C)nc2cc1OC1CCCC1.COc1cc2c(N3CCN(C4CCCC4)CC3)nc(NCCCn3ccnc3)nc2cc1OCCCN1CCCC1. The maximum atomic E-state index is 6.29. The quantitative estimate of drug-likeness (QED) is 0.0429. The zero-order valence-electron chi connectivity index (χ0n) is 76.2. The Morgan fingerprint density at radius 1 is 0.392 bits per heavy atom. The number of hydrogen-bond acceptors (Lipinski definition) is 28. The van der Waals surface area contributed by atoms with E-state index < -0.39 is 0 Å². The molecule has 5 aromatic heterocycles. The molecule has 10 heterocycles. The molecule has 0 spiro atoms. The van der Waals surface area contributed by atoms with Crippen LogP contribution >= 0.6 is 0 Å². The number of anilines is 8. The van der Waals surface area contributed by atoms with E-state index in [1.54, 1.807) is 28.4 Å². The molecule has 672 valence electrons. The van der Waals surface area contributed by atoms with E-state index in [2.05, 4.69) is 68.3 Å². The number of aryl methyl sites for hydroxylation is 1. The number of ether oxygens (including phenoxy) is 8. The van der Waals surface area contributed by atoms with Gasteiger partial charge in [0.1, 0.15) is 29.9 Å². The Labute approximate surface area is 739 Å². The zero-order valence-corrected chi connectivity index (χ0v) is 76.2. The summed E-state index contributed by atoms with van der Waals surface area (Å²) in [5.41, 5.74) is 4.69. The number of likely N-dealkylation sites (N-methyl/N-ethyl adjacent to an activating group) is 1. The number of benzene rings is 5. The molecule has 29 heteroatoms. The van der Waals surface area contributed by atoms with Crippen LogP contribution in [0.1, 0.15) is 147 Å². The predicted molar refractivity (Wildman–Crippen MR) is 503 cm³/mol. The van der Waals surface area contributed by atoms with Gasteiger partial charge >= 0.3 is 0 Å². The molecule has 5 aliphatic heterocycles. The van der Waals surface area contributed by atoms with Crippen LogP contribution in [0.4, 0.5) is 47.1 Å². The van der Waals surface area contributed by atoms with Gasteiger partial charge in [0.25, 0.3) is 0 Å². The fraction of sp³-hybridized carbons (Fsp3) is 0.573. The van der Waals surface area contributed by atoms with E-state index in [1.807, 2.05) is 142 Å². The van der Waals surface area contributed by atoms with Crippen molar-refractivity contribution >= 4 is 90.7 Å². The number of imidazole rings is 1. The summed E-state index contributed by atoms with van der Waals surface area (Å²) in [7, 11) is 20.8. The Hall–Kier alpha value is -10.7. The van der Waals surface area contributed by atoms with Gasteiger partial charge in [-0.15, -0.1) is 0 Å². The lowest BCUT2D eigenvalue weighted by atomic mass is 10.1.